The zero-order valence-electron chi connectivity index (χ0n) is 15.9. The van der Waals surface area contributed by atoms with E-state index in [9.17, 15) is 14.7 Å². The molecule has 0 spiro atoms. The number of hydrogen-bond acceptors (Lipinski definition) is 7. The molecule has 0 fully saturated rings. The molecule has 8 nitrogen and oxygen atoms in total. The highest BCUT2D eigenvalue weighted by molar-refractivity contribution is 5.99. The molecular weight excluding hydrogens is 362 g/mol. The van der Waals surface area contributed by atoms with Crippen LogP contribution in [0.25, 0.3) is 0 Å². The molecule has 0 heterocycles. The Kier molecular flexibility index (Phi) is 7.38. The Morgan fingerprint density at radius 3 is 2.39 bits per heavy atom. The fourth-order valence-corrected chi connectivity index (χ4v) is 2.44. The van der Waals surface area contributed by atoms with Crippen LogP contribution in [0.2, 0.25) is 0 Å². The van der Waals surface area contributed by atoms with Crippen LogP contribution in [0.1, 0.15) is 18.1 Å². The molecule has 28 heavy (non-hydrogen) atoms. The minimum Gasteiger partial charge on any atom is -0.550 e. The van der Waals surface area contributed by atoms with Crippen molar-refractivity contribution in [3.05, 3.63) is 53.6 Å². The Labute approximate surface area is 163 Å². The molecule has 0 bridgehead atoms. The van der Waals surface area contributed by atoms with E-state index < -0.39 is 5.97 Å². The van der Waals surface area contributed by atoms with Gasteiger partial charge in [-0.05, 0) is 55.0 Å². The lowest BCUT2D eigenvalue weighted by molar-refractivity contribution is -0.304. The van der Waals surface area contributed by atoms with Gasteiger partial charge in [0.25, 0.3) is 5.91 Å². The van der Waals surface area contributed by atoms with E-state index in [-0.39, 0.29) is 18.9 Å². The predicted molar refractivity (Wildman–Crippen MR) is 104 cm³/mol. The maximum absolute atomic E-state index is 12.0. The van der Waals surface area contributed by atoms with E-state index in [0.717, 1.165) is 11.4 Å². The highest BCUT2D eigenvalue weighted by atomic mass is 16.5. The van der Waals surface area contributed by atoms with E-state index in [4.69, 9.17) is 9.47 Å². The summed E-state index contributed by atoms with van der Waals surface area (Å²) in [4.78, 5) is 22.9. The van der Waals surface area contributed by atoms with Gasteiger partial charge in [-0.2, -0.15) is 5.10 Å². The summed E-state index contributed by atoms with van der Waals surface area (Å²) >= 11 is 0. The Balaban J connectivity index is 1.96. The van der Waals surface area contributed by atoms with Crippen LogP contribution < -0.4 is 25.3 Å². The third-order valence-electron chi connectivity index (χ3n) is 3.92. The van der Waals surface area contributed by atoms with Gasteiger partial charge < -0.3 is 24.7 Å². The lowest BCUT2D eigenvalue weighted by Crippen LogP contribution is -2.27. The van der Waals surface area contributed by atoms with Gasteiger partial charge in [-0.15, -0.1) is 0 Å². The number of carboxylic acids is 1. The second-order valence-corrected chi connectivity index (χ2v) is 5.89. The second kappa shape index (κ2) is 9.96. The maximum Gasteiger partial charge on any atom is 0.259 e. The molecule has 148 valence electrons. The number of hydrogen-bond donors (Lipinski definition) is 2. The lowest BCUT2D eigenvalue weighted by atomic mass is 10.0. The number of hydrazone groups is 1. The second-order valence-electron chi connectivity index (χ2n) is 5.89. The third-order valence-corrected chi connectivity index (χ3v) is 3.92. The van der Waals surface area contributed by atoms with Crippen molar-refractivity contribution in [2.24, 2.45) is 5.10 Å². The molecule has 2 aromatic rings. The van der Waals surface area contributed by atoms with Crippen LogP contribution in [0.15, 0.2) is 47.6 Å². The van der Waals surface area contributed by atoms with Crippen molar-refractivity contribution in [1.29, 1.82) is 0 Å². The van der Waals surface area contributed by atoms with Crippen molar-refractivity contribution in [1.82, 2.24) is 5.43 Å². The van der Waals surface area contributed by atoms with Gasteiger partial charge in [0.05, 0.1) is 26.5 Å². The van der Waals surface area contributed by atoms with Gasteiger partial charge >= 0.3 is 0 Å². The molecule has 2 N–H and O–H groups in total. The zero-order valence-corrected chi connectivity index (χ0v) is 15.9. The van der Waals surface area contributed by atoms with E-state index in [1.165, 1.54) is 7.11 Å². The number of amides is 1. The molecule has 8 heteroatoms. The molecule has 0 unspecified atom stereocenters. The lowest BCUT2D eigenvalue weighted by Gasteiger charge is -2.11. The zero-order chi connectivity index (χ0) is 20.5. The summed E-state index contributed by atoms with van der Waals surface area (Å²) in [5.41, 5.74) is 4.91. The van der Waals surface area contributed by atoms with Gasteiger partial charge in [-0.1, -0.05) is 0 Å². The molecule has 0 aliphatic rings. The largest absolute Gasteiger partial charge is 0.550 e. The molecule has 0 saturated heterocycles. The van der Waals surface area contributed by atoms with E-state index in [0.29, 0.717) is 22.6 Å². The van der Waals surface area contributed by atoms with Gasteiger partial charge in [0.15, 0.2) is 0 Å². The van der Waals surface area contributed by atoms with Crippen LogP contribution in [-0.4, -0.2) is 38.4 Å². The van der Waals surface area contributed by atoms with E-state index >= 15 is 0 Å². The summed E-state index contributed by atoms with van der Waals surface area (Å²) in [5, 5.41) is 17.9. The topological polar surface area (TPSA) is 112 Å². The number of carbonyl (C=O) groups excluding carboxylic acids is 2. The van der Waals surface area contributed by atoms with Crippen LogP contribution in [-0.2, 0) is 16.0 Å². The third kappa shape index (κ3) is 6.01. The molecular formula is C20H22N3O5-. The molecule has 0 radical (unpaired) electrons. The van der Waals surface area contributed by atoms with Crippen LogP contribution in [0.5, 0.6) is 11.5 Å². The summed E-state index contributed by atoms with van der Waals surface area (Å²) in [6.45, 7) is 1.75. The number of benzene rings is 2. The minimum atomic E-state index is -1.21. The molecule has 0 saturated carbocycles. The Morgan fingerprint density at radius 2 is 1.79 bits per heavy atom. The normalized spacial score (nSPS) is 10.9. The van der Waals surface area contributed by atoms with Gasteiger partial charge in [-0.25, -0.2) is 5.43 Å². The Hall–Kier alpha value is -3.55. The maximum atomic E-state index is 12.0. The van der Waals surface area contributed by atoms with Crippen molar-refractivity contribution in [3.8, 4) is 11.5 Å². The molecule has 0 atom stereocenters. The smallest absolute Gasteiger partial charge is 0.259 e. The highest BCUT2D eigenvalue weighted by Crippen LogP contribution is 2.21. The van der Waals surface area contributed by atoms with Gasteiger partial charge in [0, 0.05) is 23.6 Å². The van der Waals surface area contributed by atoms with Crippen LogP contribution >= 0.6 is 0 Å². The van der Waals surface area contributed by atoms with Crippen molar-refractivity contribution in [3.63, 3.8) is 0 Å². The van der Waals surface area contributed by atoms with E-state index in [1.54, 1.807) is 56.5 Å². The SMILES string of the molecule is COc1ccc(NCC(=O)N/N=C(/C)c2ccc(OC)c(CC(=O)[O-])c2)cc1. The first-order valence-corrected chi connectivity index (χ1v) is 8.51. The van der Waals surface area contributed by atoms with Gasteiger partial charge in [0.2, 0.25) is 0 Å². The Morgan fingerprint density at radius 1 is 1.07 bits per heavy atom. The first-order valence-electron chi connectivity index (χ1n) is 8.51. The monoisotopic (exact) mass is 384 g/mol. The van der Waals surface area contributed by atoms with Crippen molar-refractivity contribution >= 4 is 23.3 Å². The number of carboxylic acid groups (broad SMARTS) is 1. The summed E-state index contributed by atoms with van der Waals surface area (Å²) in [7, 11) is 3.05. The number of ether oxygens (including phenoxy) is 2. The summed E-state index contributed by atoms with van der Waals surface area (Å²) in [5.74, 6) is -0.345. The first kappa shape index (κ1) is 20.8. The number of nitrogens with zero attached hydrogens (tertiary/aromatic N) is 1. The first-order chi connectivity index (χ1) is 13.4. The number of anilines is 1. The quantitative estimate of drug-likeness (QED) is 0.492. The molecule has 0 aromatic heterocycles. The van der Waals surface area contributed by atoms with Crippen molar-refractivity contribution in [2.75, 3.05) is 26.1 Å². The van der Waals surface area contributed by atoms with Crippen LogP contribution in [0.4, 0.5) is 5.69 Å². The molecule has 2 aromatic carbocycles. The molecule has 1 amide bonds. The molecule has 0 aliphatic carbocycles. The number of rotatable bonds is 9. The van der Waals surface area contributed by atoms with Gasteiger partial charge in [0.1, 0.15) is 11.5 Å². The standard InChI is InChI=1S/C20H23N3O5/c1-13(14-4-9-18(28-3)15(10-14)11-20(25)26)22-23-19(24)12-21-16-5-7-17(27-2)8-6-16/h4-10,21H,11-12H2,1-3H3,(H,23,24)(H,25,26)/p-1/b22-13-. The van der Waals surface area contributed by atoms with Crippen molar-refractivity contribution in [2.45, 2.75) is 13.3 Å². The summed E-state index contributed by atoms with van der Waals surface area (Å²) < 4.78 is 10.2. The Bertz CT molecular complexity index is 863. The minimum absolute atomic E-state index is 0.0433. The molecule has 0 aliphatic heterocycles. The fourth-order valence-electron chi connectivity index (χ4n) is 2.44. The van der Waals surface area contributed by atoms with E-state index in [1.807, 2.05) is 0 Å². The summed E-state index contributed by atoms with van der Waals surface area (Å²) in [6.07, 6.45) is -0.275. The number of nitrogens with one attached hydrogen (secondary N) is 2. The fraction of sp³-hybridized carbons (Fsp3) is 0.250. The highest BCUT2D eigenvalue weighted by Gasteiger charge is 2.08. The van der Waals surface area contributed by atoms with Crippen LogP contribution in [0.3, 0.4) is 0 Å². The van der Waals surface area contributed by atoms with E-state index in [2.05, 4.69) is 15.8 Å². The summed E-state index contributed by atoms with van der Waals surface area (Å²) in [6, 6.07) is 12.2. The number of carbonyl (C=O) groups is 2. The van der Waals surface area contributed by atoms with Crippen molar-refractivity contribution < 1.29 is 24.2 Å². The average molecular weight is 384 g/mol. The number of aliphatic carboxylic acids is 1. The molecule has 2 rings (SSSR count). The predicted octanol–water partition coefficient (Wildman–Crippen LogP) is 0.948. The number of methoxy groups -OCH3 is 2. The van der Waals surface area contributed by atoms with Crippen LogP contribution in [0, 0.1) is 0 Å². The average Bonchev–Trinajstić information content (AvgIpc) is 2.70. The van der Waals surface area contributed by atoms with Gasteiger partial charge in [-0.3, -0.25) is 4.79 Å².